The number of amides is 1. The van der Waals surface area contributed by atoms with E-state index < -0.39 is 6.09 Å². The number of nitrogens with two attached hydrogens (primary N) is 1. The molecule has 0 saturated carbocycles. The van der Waals surface area contributed by atoms with E-state index in [9.17, 15) is 4.79 Å². The lowest BCUT2D eigenvalue weighted by atomic mass is 10.1. The summed E-state index contributed by atoms with van der Waals surface area (Å²) in [6.07, 6.45) is 3.34. The molecular formula is C11H15N5O2. The molecule has 2 unspecified atom stereocenters. The lowest BCUT2D eigenvalue weighted by molar-refractivity contribution is 0.153. The van der Waals surface area contributed by atoms with Gasteiger partial charge in [-0.25, -0.2) is 9.78 Å². The number of hydrogen-bond acceptors (Lipinski definition) is 5. The molecule has 0 aliphatic carbocycles. The quantitative estimate of drug-likeness (QED) is 0.740. The first kappa shape index (κ1) is 11.1. The van der Waals surface area contributed by atoms with Crippen LogP contribution in [0.5, 0.6) is 0 Å². The molecule has 7 nitrogen and oxygen atoms in total. The van der Waals surface area contributed by atoms with Crippen molar-refractivity contribution in [1.29, 1.82) is 0 Å². The minimum Gasteiger partial charge on any atom is -0.465 e. The summed E-state index contributed by atoms with van der Waals surface area (Å²) in [6.45, 7) is 2.05. The van der Waals surface area contributed by atoms with Crippen LogP contribution in [0.1, 0.15) is 6.42 Å². The van der Waals surface area contributed by atoms with Crippen molar-refractivity contribution in [3.8, 4) is 0 Å². The van der Waals surface area contributed by atoms with Crippen LogP contribution in [-0.2, 0) is 0 Å². The molecule has 3 rings (SSSR count). The molecule has 2 saturated heterocycles. The van der Waals surface area contributed by atoms with Crippen molar-refractivity contribution >= 4 is 17.7 Å². The van der Waals surface area contributed by atoms with Gasteiger partial charge in [0, 0.05) is 25.6 Å². The Morgan fingerprint density at radius 1 is 1.44 bits per heavy atom. The molecule has 2 aliphatic rings. The zero-order valence-electron chi connectivity index (χ0n) is 9.86. The lowest BCUT2D eigenvalue weighted by Crippen LogP contribution is -2.37. The molecule has 7 heteroatoms. The number of aromatic nitrogens is 2. The highest BCUT2D eigenvalue weighted by Crippen LogP contribution is 2.34. The minimum atomic E-state index is -0.844. The number of nitrogen functional groups attached to an aromatic ring is 1. The summed E-state index contributed by atoms with van der Waals surface area (Å²) < 4.78 is 0. The van der Waals surface area contributed by atoms with Gasteiger partial charge in [0.05, 0.1) is 18.4 Å². The van der Waals surface area contributed by atoms with E-state index in [2.05, 4.69) is 14.9 Å². The van der Waals surface area contributed by atoms with Crippen molar-refractivity contribution < 1.29 is 9.90 Å². The third-order valence-corrected chi connectivity index (χ3v) is 3.75. The first-order valence-electron chi connectivity index (χ1n) is 5.97. The zero-order valence-corrected chi connectivity index (χ0v) is 9.86. The van der Waals surface area contributed by atoms with Gasteiger partial charge in [-0.1, -0.05) is 0 Å². The van der Waals surface area contributed by atoms with Gasteiger partial charge in [0.2, 0.25) is 0 Å². The molecule has 2 fully saturated rings. The van der Waals surface area contributed by atoms with Gasteiger partial charge in [-0.2, -0.15) is 0 Å². The summed E-state index contributed by atoms with van der Waals surface area (Å²) in [4.78, 5) is 22.9. The molecule has 3 N–H and O–H groups in total. The molecule has 0 radical (unpaired) electrons. The van der Waals surface area contributed by atoms with Gasteiger partial charge in [0.25, 0.3) is 0 Å². The fourth-order valence-corrected chi connectivity index (χ4v) is 2.91. The molecule has 18 heavy (non-hydrogen) atoms. The molecule has 2 aliphatic heterocycles. The molecule has 1 aromatic rings. The molecule has 0 spiro atoms. The Labute approximate surface area is 104 Å². The zero-order chi connectivity index (χ0) is 12.7. The Hall–Kier alpha value is -2.05. The second-order valence-corrected chi connectivity index (χ2v) is 4.80. The number of fused-ring (bicyclic) bond motifs is 1. The SMILES string of the molecule is Nc1cncc(N2CCC3CN(C(=O)O)CC32)n1. The molecule has 0 bridgehead atoms. The fraction of sp³-hybridized carbons (Fsp3) is 0.545. The molecule has 2 atom stereocenters. The third kappa shape index (κ3) is 1.71. The number of anilines is 2. The highest BCUT2D eigenvalue weighted by atomic mass is 16.4. The normalized spacial score (nSPS) is 26.4. The Kier molecular flexibility index (Phi) is 2.46. The van der Waals surface area contributed by atoms with Crippen LogP contribution in [0.25, 0.3) is 0 Å². The van der Waals surface area contributed by atoms with Gasteiger partial charge < -0.3 is 20.6 Å². The second kappa shape index (κ2) is 4.01. The number of rotatable bonds is 1. The number of carbonyl (C=O) groups is 1. The highest BCUT2D eigenvalue weighted by Gasteiger charge is 2.43. The molecule has 1 aromatic heterocycles. The van der Waals surface area contributed by atoms with Gasteiger partial charge in [-0.05, 0) is 6.42 Å². The van der Waals surface area contributed by atoms with Crippen LogP contribution >= 0.6 is 0 Å². The first-order valence-corrected chi connectivity index (χ1v) is 5.97. The summed E-state index contributed by atoms with van der Waals surface area (Å²) in [7, 11) is 0. The summed E-state index contributed by atoms with van der Waals surface area (Å²) in [5.41, 5.74) is 5.63. The third-order valence-electron chi connectivity index (χ3n) is 3.75. The van der Waals surface area contributed by atoms with Crippen LogP contribution in [0, 0.1) is 5.92 Å². The Morgan fingerprint density at radius 3 is 3.00 bits per heavy atom. The van der Waals surface area contributed by atoms with Crippen molar-refractivity contribution in [1.82, 2.24) is 14.9 Å². The average Bonchev–Trinajstić information content (AvgIpc) is 2.87. The summed E-state index contributed by atoms with van der Waals surface area (Å²) >= 11 is 0. The topological polar surface area (TPSA) is 95.6 Å². The smallest absolute Gasteiger partial charge is 0.407 e. The van der Waals surface area contributed by atoms with Crippen LogP contribution in [0.15, 0.2) is 12.4 Å². The van der Waals surface area contributed by atoms with Crippen LogP contribution in [0.2, 0.25) is 0 Å². The van der Waals surface area contributed by atoms with E-state index in [0.717, 1.165) is 18.8 Å². The van der Waals surface area contributed by atoms with Crippen molar-refractivity contribution in [2.45, 2.75) is 12.5 Å². The van der Waals surface area contributed by atoms with Crippen LogP contribution in [-0.4, -0.2) is 51.7 Å². The maximum absolute atomic E-state index is 11.0. The van der Waals surface area contributed by atoms with Crippen molar-refractivity contribution in [3.63, 3.8) is 0 Å². The van der Waals surface area contributed by atoms with E-state index in [4.69, 9.17) is 10.8 Å². The Balaban J connectivity index is 1.81. The van der Waals surface area contributed by atoms with Crippen LogP contribution in [0.3, 0.4) is 0 Å². The largest absolute Gasteiger partial charge is 0.465 e. The molecule has 3 heterocycles. The average molecular weight is 249 g/mol. The Bertz CT molecular complexity index is 480. The van der Waals surface area contributed by atoms with Gasteiger partial charge in [-0.3, -0.25) is 4.98 Å². The minimum absolute atomic E-state index is 0.206. The summed E-state index contributed by atoms with van der Waals surface area (Å²) in [5, 5.41) is 9.03. The van der Waals surface area contributed by atoms with E-state index in [0.29, 0.717) is 24.8 Å². The summed E-state index contributed by atoms with van der Waals surface area (Å²) in [6, 6.07) is 0.206. The van der Waals surface area contributed by atoms with Gasteiger partial charge >= 0.3 is 6.09 Å². The highest BCUT2D eigenvalue weighted by molar-refractivity contribution is 5.66. The maximum atomic E-state index is 11.0. The molecule has 96 valence electrons. The first-order chi connectivity index (χ1) is 8.65. The second-order valence-electron chi connectivity index (χ2n) is 4.80. The van der Waals surface area contributed by atoms with Crippen LogP contribution < -0.4 is 10.6 Å². The number of nitrogens with zero attached hydrogens (tertiary/aromatic N) is 4. The van der Waals surface area contributed by atoms with Crippen LogP contribution in [0.4, 0.5) is 16.4 Å². The fourth-order valence-electron chi connectivity index (χ4n) is 2.91. The van der Waals surface area contributed by atoms with E-state index in [1.54, 1.807) is 6.20 Å². The van der Waals surface area contributed by atoms with E-state index in [1.165, 1.54) is 11.1 Å². The molecule has 1 amide bonds. The maximum Gasteiger partial charge on any atom is 0.407 e. The number of hydrogen-bond donors (Lipinski definition) is 2. The molecular weight excluding hydrogens is 234 g/mol. The van der Waals surface area contributed by atoms with Crippen molar-refractivity contribution in [3.05, 3.63) is 12.4 Å². The van der Waals surface area contributed by atoms with Gasteiger partial charge in [0.15, 0.2) is 0 Å². The van der Waals surface area contributed by atoms with Gasteiger partial charge in [-0.15, -0.1) is 0 Å². The van der Waals surface area contributed by atoms with E-state index >= 15 is 0 Å². The number of carboxylic acid groups (broad SMARTS) is 1. The van der Waals surface area contributed by atoms with Crippen molar-refractivity contribution in [2.24, 2.45) is 5.92 Å². The van der Waals surface area contributed by atoms with Gasteiger partial charge in [0.1, 0.15) is 11.6 Å². The van der Waals surface area contributed by atoms with Crippen molar-refractivity contribution in [2.75, 3.05) is 30.3 Å². The predicted molar refractivity (Wildman–Crippen MR) is 65.3 cm³/mol. The number of likely N-dealkylation sites (tertiary alicyclic amines) is 1. The predicted octanol–water partition coefficient (Wildman–Crippen LogP) is 0.247. The summed E-state index contributed by atoms with van der Waals surface area (Å²) in [5.74, 6) is 1.53. The van der Waals surface area contributed by atoms with E-state index in [1.807, 2.05) is 0 Å². The monoisotopic (exact) mass is 249 g/mol. The standard InChI is InChI=1S/C11H15N5O2/c12-9-3-13-4-10(14-9)16-2-1-7-5-15(11(17)18)6-8(7)16/h3-4,7-8H,1-2,5-6H2,(H2,12,14)(H,17,18). The lowest BCUT2D eigenvalue weighted by Gasteiger charge is -2.24. The van der Waals surface area contributed by atoms with E-state index in [-0.39, 0.29) is 6.04 Å². The molecule has 0 aromatic carbocycles. The Morgan fingerprint density at radius 2 is 2.28 bits per heavy atom.